The van der Waals surface area contributed by atoms with E-state index in [0.717, 1.165) is 22.6 Å². The Labute approximate surface area is 176 Å². The SMILES string of the molecule is COc1cccc(C(CC(=O)CCc2ccccc2)Nc2ccc(C(=O)O)cc2)c1. The lowest BCUT2D eigenvalue weighted by molar-refractivity contribution is -0.119. The fourth-order valence-corrected chi connectivity index (χ4v) is 3.28. The van der Waals surface area contributed by atoms with Crippen LogP contribution in [0.5, 0.6) is 5.75 Å². The Morgan fingerprint density at radius 3 is 2.37 bits per heavy atom. The number of carboxylic acid groups (broad SMARTS) is 1. The highest BCUT2D eigenvalue weighted by atomic mass is 16.5. The van der Waals surface area contributed by atoms with Crippen LogP contribution < -0.4 is 10.1 Å². The molecule has 5 heteroatoms. The van der Waals surface area contributed by atoms with Crippen LogP contribution in [0.15, 0.2) is 78.9 Å². The fourth-order valence-electron chi connectivity index (χ4n) is 3.28. The second-order valence-corrected chi connectivity index (χ2v) is 7.08. The number of aromatic carboxylic acids is 1. The third-order valence-electron chi connectivity index (χ3n) is 4.94. The number of hydrogen-bond acceptors (Lipinski definition) is 4. The summed E-state index contributed by atoms with van der Waals surface area (Å²) in [4.78, 5) is 23.8. The summed E-state index contributed by atoms with van der Waals surface area (Å²) in [6.07, 6.45) is 1.49. The van der Waals surface area contributed by atoms with Gasteiger partial charge >= 0.3 is 5.97 Å². The summed E-state index contributed by atoms with van der Waals surface area (Å²) in [7, 11) is 1.61. The van der Waals surface area contributed by atoms with Crippen LogP contribution >= 0.6 is 0 Å². The normalized spacial score (nSPS) is 11.5. The van der Waals surface area contributed by atoms with Crippen molar-refractivity contribution in [3.63, 3.8) is 0 Å². The number of carbonyl (C=O) groups excluding carboxylic acids is 1. The topological polar surface area (TPSA) is 75.6 Å². The van der Waals surface area contributed by atoms with Crippen molar-refractivity contribution in [2.24, 2.45) is 0 Å². The van der Waals surface area contributed by atoms with Crippen LogP contribution in [-0.2, 0) is 11.2 Å². The number of methoxy groups -OCH3 is 1. The van der Waals surface area contributed by atoms with E-state index in [-0.39, 0.29) is 17.4 Å². The van der Waals surface area contributed by atoms with Gasteiger partial charge in [-0.15, -0.1) is 0 Å². The molecule has 30 heavy (non-hydrogen) atoms. The van der Waals surface area contributed by atoms with Crippen LogP contribution in [0.25, 0.3) is 0 Å². The molecule has 0 saturated carbocycles. The smallest absolute Gasteiger partial charge is 0.335 e. The van der Waals surface area contributed by atoms with Gasteiger partial charge in [0.15, 0.2) is 0 Å². The van der Waals surface area contributed by atoms with E-state index < -0.39 is 5.97 Å². The quantitative estimate of drug-likeness (QED) is 0.490. The Hall–Kier alpha value is -3.60. The van der Waals surface area contributed by atoms with E-state index in [2.05, 4.69) is 5.32 Å². The van der Waals surface area contributed by atoms with Gasteiger partial charge < -0.3 is 15.2 Å². The van der Waals surface area contributed by atoms with Crippen LogP contribution in [0.1, 0.15) is 40.4 Å². The molecule has 0 aliphatic heterocycles. The third kappa shape index (κ3) is 5.95. The maximum absolute atomic E-state index is 12.7. The van der Waals surface area contributed by atoms with Crippen molar-refractivity contribution in [1.82, 2.24) is 0 Å². The van der Waals surface area contributed by atoms with Crippen LogP contribution in [0.2, 0.25) is 0 Å². The molecule has 0 saturated heterocycles. The van der Waals surface area contributed by atoms with Crippen LogP contribution in [-0.4, -0.2) is 24.0 Å². The molecule has 0 aliphatic carbocycles. The largest absolute Gasteiger partial charge is 0.497 e. The molecule has 0 aromatic heterocycles. The molecule has 0 bridgehead atoms. The molecule has 0 heterocycles. The molecule has 0 radical (unpaired) electrons. The monoisotopic (exact) mass is 403 g/mol. The van der Waals surface area contributed by atoms with E-state index in [1.807, 2.05) is 54.6 Å². The highest BCUT2D eigenvalue weighted by molar-refractivity contribution is 5.88. The number of benzene rings is 3. The maximum atomic E-state index is 12.7. The lowest BCUT2D eigenvalue weighted by Gasteiger charge is -2.21. The van der Waals surface area contributed by atoms with Gasteiger partial charge in [0.25, 0.3) is 0 Å². The van der Waals surface area contributed by atoms with Crippen LogP contribution in [0, 0.1) is 0 Å². The lowest BCUT2D eigenvalue weighted by atomic mass is 9.97. The van der Waals surface area contributed by atoms with E-state index in [0.29, 0.717) is 19.3 Å². The summed E-state index contributed by atoms with van der Waals surface area (Å²) < 4.78 is 5.33. The van der Waals surface area contributed by atoms with Crippen LogP contribution in [0.3, 0.4) is 0 Å². The van der Waals surface area contributed by atoms with E-state index in [1.165, 1.54) is 0 Å². The average Bonchev–Trinajstić information content (AvgIpc) is 2.78. The first-order chi connectivity index (χ1) is 14.5. The molecule has 3 aromatic carbocycles. The Morgan fingerprint density at radius 2 is 1.70 bits per heavy atom. The second kappa shape index (κ2) is 10.3. The Balaban J connectivity index is 1.74. The van der Waals surface area contributed by atoms with E-state index in [4.69, 9.17) is 9.84 Å². The molecule has 0 spiro atoms. The maximum Gasteiger partial charge on any atom is 0.335 e. The number of rotatable bonds is 10. The van der Waals surface area contributed by atoms with E-state index in [1.54, 1.807) is 31.4 Å². The first kappa shape index (κ1) is 21.1. The summed E-state index contributed by atoms with van der Waals surface area (Å²) in [6.45, 7) is 0. The molecule has 1 unspecified atom stereocenters. The number of ketones is 1. The molecule has 3 aromatic rings. The molecule has 3 rings (SSSR count). The summed E-state index contributed by atoms with van der Waals surface area (Å²) >= 11 is 0. The fraction of sp³-hybridized carbons (Fsp3) is 0.200. The van der Waals surface area contributed by atoms with Gasteiger partial charge in [-0.25, -0.2) is 4.79 Å². The number of anilines is 1. The van der Waals surface area contributed by atoms with Crippen LogP contribution in [0.4, 0.5) is 5.69 Å². The summed E-state index contributed by atoms with van der Waals surface area (Å²) in [5, 5.41) is 12.5. The van der Waals surface area contributed by atoms with Crippen molar-refractivity contribution < 1.29 is 19.4 Å². The molecule has 2 N–H and O–H groups in total. The predicted molar refractivity (Wildman–Crippen MR) is 117 cm³/mol. The third-order valence-corrected chi connectivity index (χ3v) is 4.94. The Kier molecular flexibility index (Phi) is 7.22. The minimum Gasteiger partial charge on any atom is -0.497 e. The number of ether oxygens (including phenoxy) is 1. The number of Topliss-reactive ketones (excluding diaryl/α,β-unsaturated/α-hetero) is 1. The van der Waals surface area contributed by atoms with Gasteiger partial charge in [0.1, 0.15) is 11.5 Å². The highest BCUT2D eigenvalue weighted by Crippen LogP contribution is 2.27. The summed E-state index contributed by atoms with van der Waals surface area (Å²) in [5.41, 5.74) is 3.05. The van der Waals surface area contributed by atoms with Gasteiger partial charge in [-0.3, -0.25) is 4.79 Å². The Morgan fingerprint density at radius 1 is 0.967 bits per heavy atom. The zero-order chi connectivity index (χ0) is 21.3. The minimum atomic E-state index is -0.970. The predicted octanol–water partition coefficient (Wildman–Crippen LogP) is 5.14. The number of carboxylic acids is 1. The van der Waals surface area contributed by atoms with Gasteiger partial charge in [-0.1, -0.05) is 42.5 Å². The molecular weight excluding hydrogens is 378 g/mol. The van der Waals surface area contributed by atoms with Gasteiger partial charge in [0, 0.05) is 18.5 Å². The molecule has 0 amide bonds. The molecule has 5 nitrogen and oxygen atoms in total. The van der Waals surface area contributed by atoms with Crippen molar-refractivity contribution in [2.45, 2.75) is 25.3 Å². The summed E-state index contributed by atoms with van der Waals surface area (Å²) in [5.74, 6) is -0.0967. The van der Waals surface area contributed by atoms with Gasteiger partial charge in [-0.2, -0.15) is 0 Å². The number of hydrogen-bond donors (Lipinski definition) is 2. The van der Waals surface area contributed by atoms with Crippen molar-refractivity contribution >= 4 is 17.4 Å². The molecule has 0 aliphatic rings. The van der Waals surface area contributed by atoms with E-state index in [9.17, 15) is 9.59 Å². The zero-order valence-corrected chi connectivity index (χ0v) is 16.9. The number of carbonyl (C=O) groups is 2. The Bertz CT molecular complexity index is 984. The van der Waals surface area contributed by atoms with Gasteiger partial charge in [-0.05, 0) is 53.9 Å². The first-order valence-corrected chi connectivity index (χ1v) is 9.84. The van der Waals surface area contributed by atoms with Gasteiger partial charge in [0.05, 0.1) is 18.7 Å². The average molecular weight is 403 g/mol. The number of aryl methyl sites for hydroxylation is 1. The first-order valence-electron chi connectivity index (χ1n) is 9.84. The lowest BCUT2D eigenvalue weighted by Crippen LogP contribution is -2.16. The minimum absolute atomic E-state index is 0.154. The number of nitrogens with one attached hydrogen (secondary N) is 1. The second-order valence-electron chi connectivity index (χ2n) is 7.08. The van der Waals surface area contributed by atoms with Crippen molar-refractivity contribution in [1.29, 1.82) is 0 Å². The molecule has 0 fully saturated rings. The van der Waals surface area contributed by atoms with Crippen molar-refractivity contribution in [3.8, 4) is 5.75 Å². The zero-order valence-electron chi connectivity index (χ0n) is 16.9. The van der Waals surface area contributed by atoms with Gasteiger partial charge in [0.2, 0.25) is 0 Å². The van der Waals surface area contributed by atoms with Crippen molar-refractivity contribution in [2.75, 3.05) is 12.4 Å². The molecule has 154 valence electrons. The standard InChI is InChI=1S/C25H25NO4/c1-30-23-9-5-8-20(16-23)24(26-21-13-11-19(12-14-21)25(28)29)17-22(27)15-10-18-6-3-2-4-7-18/h2-9,11-14,16,24,26H,10,15,17H2,1H3,(H,28,29). The highest BCUT2D eigenvalue weighted by Gasteiger charge is 2.17. The molecule has 1 atom stereocenters. The summed E-state index contributed by atoms with van der Waals surface area (Å²) in [6, 6.07) is 23.8. The molecular formula is C25H25NO4. The van der Waals surface area contributed by atoms with Crippen molar-refractivity contribution in [3.05, 3.63) is 95.6 Å². The van der Waals surface area contributed by atoms with E-state index >= 15 is 0 Å².